The van der Waals surface area contributed by atoms with E-state index in [2.05, 4.69) is 21.0 Å². The Hall–Kier alpha value is -1.69. The largest absolute Gasteiger partial charge is 0.476 e. The fourth-order valence-corrected chi connectivity index (χ4v) is 1.77. The fraction of sp³-hybridized carbons (Fsp3) is 0. The summed E-state index contributed by atoms with van der Waals surface area (Å²) in [5.41, 5.74) is 0.519. The first-order valence-corrected chi connectivity index (χ1v) is 5.11. The van der Waals surface area contributed by atoms with Crippen molar-refractivity contribution < 1.29 is 14.3 Å². The van der Waals surface area contributed by atoms with Crippen molar-refractivity contribution in [1.29, 1.82) is 0 Å². The lowest BCUT2D eigenvalue weighted by atomic mass is 10.3. The Morgan fingerprint density at radius 1 is 1.44 bits per heavy atom. The van der Waals surface area contributed by atoms with Crippen LogP contribution < -0.4 is 0 Å². The zero-order valence-electron chi connectivity index (χ0n) is 7.89. The zero-order valence-corrected chi connectivity index (χ0v) is 9.48. The molecular formula is C10H6BrFN2O2. The van der Waals surface area contributed by atoms with E-state index >= 15 is 0 Å². The molecule has 0 saturated carbocycles. The smallest absolute Gasteiger partial charge is 0.356 e. The topological polar surface area (TPSA) is 55.1 Å². The van der Waals surface area contributed by atoms with Crippen LogP contribution in [0.5, 0.6) is 0 Å². The van der Waals surface area contributed by atoms with Gasteiger partial charge in [0.05, 0.1) is 5.69 Å². The number of benzene rings is 1. The molecule has 0 bridgehead atoms. The van der Waals surface area contributed by atoms with Crippen molar-refractivity contribution in [3.05, 3.63) is 46.4 Å². The van der Waals surface area contributed by atoms with Gasteiger partial charge in [0.2, 0.25) is 0 Å². The van der Waals surface area contributed by atoms with Crippen molar-refractivity contribution in [2.45, 2.75) is 0 Å². The Balaban J connectivity index is 2.46. The molecule has 6 heteroatoms. The highest BCUT2D eigenvalue weighted by molar-refractivity contribution is 9.10. The summed E-state index contributed by atoms with van der Waals surface area (Å²) in [6.45, 7) is 0. The molecular weight excluding hydrogens is 279 g/mol. The average Bonchev–Trinajstić information content (AvgIpc) is 2.66. The van der Waals surface area contributed by atoms with Crippen LogP contribution in [0.25, 0.3) is 5.69 Å². The molecule has 16 heavy (non-hydrogen) atoms. The number of carbonyl (C=O) groups is 1. The monoisotopic (exact) mass is 284 g/mol. The predicted molar refractivity (Wildman–Crippen MR) is 58.2 cm³/mol. The summed E-state index contributed by atoms with van der Waals surface area (Å²) in [4.78, 5) is 10.6. The SMILES string of the molecule is O=C(O)c1ccn(-c2ccc(F)cc2Br)n1. The van der Waals surface area contributed by atoms with E-state index in [-0.39, 0.29) is 11.5 Å². The maximum absolute atomic E-state index is 12.8. The van der Waals surface area contributed by atoms with Gasteiger partial charge in [0.25, 0.3) is 0 Å². The van der Waals surface area contributed by atoms with Crippen molar-refractivity contribution >= 4 is 21.9 Å². The molecule has 0 spiro atoms. The number of carboxylic acid groups (broad SMARTS) is 1. The molecule has 0 unspecified atom stereocenters. The quantitative estimate of drug-likeness (QED) is 0.922. The van der Waals surface area contributed by atoms with Crippen LogP contribution in [0, 0.1) is 5.82 Å². The summed E-state index contributed by atoms with van der Waals surface area (Å²) in [5, 5.41) is 12.5. The maximum Gasteiger partial charge on any atom is 0.356 e. The second-order valence-electron chi connectivity index (χ2n) is 3.05. The van der Waals surface area contributed by atoms with E-state index < -0.39 is 5.97 Å². The number of aromatic nitrogens is 2. The van der Waals surface area contributed by atoms with E-state index in [9.17, 15) is 9.18 Å². The zero-order chi connectivity index (χ0) is 11.7. The number of hydrogen-bond donors (Lipinski definition) is 1. The van der Waals surface area contributed by atoms with Crippen LogP contribution in [0.3, 0.4) is 0 Å². The van der Waals surface area contributed by atoms with Crippen LogP contribution in [0.4, 0.5) is 4.39 Å². The Labute approximate surface area is 98.4 Å². The van der Waals surface area contributed by atoms with E-state index in [1.807, 2.05) is 0 Å². The van der Waals surface area contributed by atoms with Crippen LogP contribution in [0.2, 0.25) is 0 Å². The normalized spacial score (nSPS) is 10.4. The average molecular weight is 285 g/mol. The molecule has 82 valence electrons. The lowest BCUT2D eigenvalue weighted by Gasteiger charge is -2.03. The Morgan fingerprint density at radius 3 is 2.75 bits per heavy atom. The number of nitrogens with zero attached hydrogens (tertiary/aromatic N) is 2. The number of carboxylic acids is 1. The van der Waals surface area contributed by atoms with E-state index in [1.165, 1.54) is 35.1 Å². The molecule has 0 aliphatic heterocycles. The van der Waals surface area contributed by atoms with Gasteiger partial charge in [-0.3, -0.25) is 0 Å². The van der Waals surface area contributed by atoms with Crippen molar-refractivity contribution in [2.75, 3.05) is 0 Å². The highest BCUT2D eigenvalue weighted by Gasteiger charge is 2.09. The van der Waals surface area contributed by atoms with Crippen LogP contribution in [0.15, 0.2) is 34.9 Å². The van der Waals surface area contributed by atoms with Gasteiger partial charge < -0.3 is 5.11 Å². The van der Waals surface area contributed by atoms with E-state index in [4.69, 9.17) is 5.11 Å². The molecule has 0 fully saturated rings. The maximum atomic E-state index is 12.8. The van der Waals surface area contributed by atoms with Gasteiger partial charge >= 0.3 is 5.97 Å². The van der Waals surface area contributed by atoms with E-state index in [1.54, 1.807) is 0 Å². The van der Waals surface area contributed by atoms with E-state index in [0.717, 1.165) is 0 Å². The third kappa shape index (κ3) is 1.96. The highest BCUT2D eigenvalue weighted by Crippen LogP contribution is 2.21. The first-order chi connectivity index (χ1) is 7.58. The van der Waals surface area contributed by atoms with Crippen molar-refractivity contribution in [1.82, 2.24) is 9.78 Å². The molecule has 2 rings (SSSR count). The summed E-state index contributed by atoms with van der Waals surface area (Å²) in [6.07, 6.45) is 1.50. The molecule has 0 atom stereocenters. The van der Waals surface area contributed by atoms with Gasteiger partial charge in [-0.25, -0.2) is 13.9 Å². The van der Waals surface area contributed by atoms with Gasteiger partial charge in [-0.05, 0) is 40.2 Å². The number of rotatable bonds is 2. The number of halogens is 2. The van der Waals surface area contributed by atoms with Crippen molar-refractivity contribution in [3.63, 3.8) is 0 Å². The lowest BCUT2D eigenvalue weighted by molar-refractivity contribution is 0.0690. The number of aromatic carboxylic acids is 1. The minimum atomic E-state index is -1.10. The molecule has 0 amide bonds. The third-order valence-electron chi connectivity index (χ3n) is 1.96. The summed E-state index contributed by atoms with van der Waals surface area (Å²) in [6, 6.07) is 5.45. The number of hydrogen-bond acceptors (Lipinski definition) is 2. The summed E-state index contributed by atoms with van der Waals surface area (Å²) < 4.78 is 14.7. The molecule has 1 heterocycles. The molecule has 0 aliphatic carbocycles. The predicted octanol–water partition coefficient (Wildman–Crippen LogP) is 2.47. The minimum Gasteiger partial charge on any atom is -0.476 e. The van der Waals surface area contributed by atoms with Gasteiger partial charge in [-0.15, -0.1) is 0 Å². The van der Waals surface area contributed by atoms with Crippen LogP contribution >= 0.6 is 15.9 Å². The van der Waals surface area contributed by atoms with Gasteiger partial charge in [-0.1, -0.05) is 0 Å². The van der Waals surface area contributed by atoms with Gasteiger partial charge in [0, 0.05) is 10.7 Å². The lowest BCUT2D eigenvalue weighted by Crippen LogP contribution is -2.01. The Bertz CT molecular complexity index is 554. The standard InChI is InChI=1S/C10H6BrFN2O2/c11-7-5-6(12)1-2-9(7)14-4-3-8(13-14)10(15)16/h1-5H,(H,15,16). The molecule has 1 N–H and O–H groups in total. The Morgan fingerprint density at radius 2 is 2.19 bits per heavy atom. The molecule has 0 aliphatic rings. The molecule has 4 nitrogen and oxygen atoms in total. The van der Waals surface area contributed by atoms with E-state index in [0.29, 0.717) is 10.2 Å². The third-order valence-corrected chi connectivity index (χ3v) is 2.60. The minimum absolute atomic E-state index is 0.0591. The Kier molecular flexibility index (Phi) is 2.74. The molecule has 0 saturated heterocycles. The second kappa shape index (κ2) is 4.05. The van der Waals surface area contributed by atoms with Crippen molar-refractivity contribution in [3.8, 4) is 5.69 Å². The summed E-state index contributed by atoms with van der Waals surface area (Å²) in [7, 11) is 0. The van der Waals surface area contributed by atoms with Crippen LogP contribution in [-0.2, 0) is 0 Å². The fourth-order valence-electron chi connectivity index (χ4n) is 1.24. The van der Waals surface area contributed by atoms with Gasteiger partial charge in [-0.2, -0.15) is 5.10 Å². The molecule has 0 radical (unpaired) electrons. The molecule has 2 aromatic rings. The van der Waals surface area contributed by atoms with Gasteiger partial charge in [0.15, 0.2) is 5.69 Å². The second-order valence-corrected chi connectivity index (χ2v) is 3.90. The molecule has 1 aromatic heterocycles. The first-order valence-electron chi connectivity index (χ1n) is 4.32. The van der Waals surface area contributed by atoms with Crippen molar-refractivity contribution in [2.24, 2.45) is 0 Å². The van der Waals surface area contributed by atoms with Gasteiger partial charge in [0.1, 0.15) is 5.82 Å². The van der Waals surface area contributed by atoms with Crippen LogP contribution in [0.1, 0.15) is 10.5 Å². The highest BCUT2D eigenvalue weighted by atomic mass is 79.9. The molecule has 1 aromatic carbocycles. The summed E-state index contributed by atoms with van der Waals surface area (Å²) in [5.74, 6) is -1.47. The first kappa shape index (κ1) is 10.8. The van der Waals surface area contributed by atoms with Crippen LogP contribution in [-0.4, -0.2) is 20.9 Å². The summed E-state index contributed by atoms with van der Waals surface area (Å²) >= 11 is 3.18.